The molecule has 0 spiro atoms. The molecule has 2 N–H and O–H groups in total. The molecule has 1 fully saturated rings. The number of hydrazine groups is 1. The number of carbonyl (C=O) groups excluding carboxylic acids is 1. The van der Waals surface area contributed by atoms with Gasteiger partial charge in [0.15, 0.2) is 0 Å². The van der Waals surface area contributed by atoms with Crippen LogP contribution in [0.2, 0.25) is 0 Å². The van der Waals surface area contributed by atoms with Crippen molar-refractivity contribution in [3.8, 4) is 0 Å². The number of carbonyl (C=O) groups is 1. The van der Waals surface area contributed by atoms with Crippen molar-refractivity contribution in [2.24, 2.45) is 0 Å². The normalized spacial score (nSPS) is 18.1. The Hall–Kier alpha value is -2.98. The van der Waals surface area contributed by atoms with Crippen LogP contribution in [0.4, 0.5) is 11.5 Å². The van der Waals surface area contributed by atoms with E-state index >= 15 is 0 Å². The van der Waals surface area contributed by atoms with E-state index in [0.717, 1.165) is 34.8 Å². The van der Waals surface area contributed by atoms with Crippen molar-refractivity contribution < 1.29 is 14.3 Å². The largest absolute Gasteiger partial charge is 0.383 e. The van der Waals surface area contributed by atoms with E-state index in [9.17, 15) is 4.79 Å². The molecule has 2 aromatic heterocycles. The average molecular weight is 480 g/mol. The highest BCUT2D eigenvalue weighted by Crippen LogP contribution is 2.37. The summed E-state index contributed by atoms with van der Waals surface area (Å²) in [5.74, 6) is 0.692. The number of hydrogen-bond acceptors (Lipinski definition) is 8. The third-order valence-corrected chi connectivity index (χ3v) is 7.11. The first-order valence-electron chi connectivity index (χ1n) is 11.5. The van der Waals surface area contributed by atoms with E-state index in [-0.39, 0.29) is 11.9 Å². The van der Waals surface area contributed by atoms with Gasteiger partial charge in [-0.25, -0.2) is 10.4 Å². The number of benzene rings is 1. The van der Waals surface area contributed by atoms with Gasteiger partial charge in [-0.1, -0.05) is 29.8 Å². The number of aromatic nitrogens is 1. The monoisotopic (exact) mass is 479 g/mol. The van der Waals surface area contributed by atoms with Crippen LogP contribution in [-0.2, 0) is 9.47 Å². The summed E-state index contributed by atoms with van der Waals surface area (Å²) in [5.41, 5.74) is 7.87. The average Bonchev–Trinajstić information content (AvgIpc) is 3.52. The quantitative estimate of drug-likeness (QED) is 0.503. The van der Waals surface area contributed by atoms with Crippen LogP contribution in [0.3, 0.4) is 0 Å². The molecule has 1 aromatic carbocycles. The van der Waals surface area contributed by atoms with E-state index in [2.05, 4.69) is 59.0 Å². The van der Waals surface area contributed by atoms with Crippen LogP contribution in [0.25, 0.3) is 10.2 Å². The molecule has 2 aliphatic rings. The Morgan fingerprint density at radius 3 is 2.94 bits per heavy atom. The Bertz CT molecular complexity index is 1200. The number of fused-ring (bicyclic) bond motifs is 1. The maximum atomic E-state index is 12.7. The van der Waals surface area contributed by atoms with E-state index < -0.39 is 0 Å². The third-order valence-electron chi connectivity index (χ3n) is 5.97. The molecule has 0 aliphatic carbocycles. The molecule has 1 saturated heterocycles. The van der Waals surface area contributed by atoms with Gasteiger partial charge < -0.3 is 19.7 Å². The highest BCUT2D eigenvalue weighted by Gasteiger charge is 2.24. The number of hydrogen-bond donors (Lipinski definition) is 2. The number of amides is 1. The summed E-state index contributed by atoms with van der Waals surface area (Å²) in [4.78, 5) is 20.6. The molecule has 0 saturated carbocycles. The number of nitrogens with one attached hydrogen (secondary N) is 2. The first-order valence-corrected chi connectivity index (χ1v) is 12.3. The Kier molecular flexibility index (Phi) is 6.77. The molecule has 178 valence electrons. The fourth-order valence-corrected chi connectivity index (χ4v) is 5.28. The van der Waals surface area contributed by atoms with Gasteiger partial charge in [0.25, 0.3) is 5.91 Å². The van der Waals surface area contributed by atoms with E-state index in [4.69, 9.17) is 14.5 Å². The molecular formula is C25H29N5O3S. The lowest BCUT2D eigenvalue weighted by Gasteiger charge is -2.30. The van der Waals surface area contributed by atoms with Gasteiger partial charge in [-0.05, 0) is 24.6 Å². The van der Waals surface area contributed by atoms with Gasteiger partial charge in [-0.3, -0.25) is 9.80 Å². The van der Waals surface area contributed by atoms with Crippen LogP contribution in [-0.4, -0.2) is 57.5 Å². The zero-order valence-electron chi connectivity index (χ0n) is 19.4. The lowest BCUT2D eigenvalue weighted by atomic mass is 10.1. The summed E-state index contributed by atoms with van der Waals surface area (Å²) in [7, 11) is 1.62. The maximum Gasteiger partial charge on any atom is 0.261 e. The highest BCUT2D eigenvalue weighted by molar-refractivity contribution is 7.21. The second kappa shape index (κ2) is 10.1. The van der Waals surface area contributed by atoms with E-state index in [0.29, 0.717) is 31.2 Å². The fourth-order valence-electron chi connectivity index (χ4n) is 4.22. The second-order valence-corrected chi connectivity index (χ2v) is 9.46. The van der Waals surface area contributed by atoms with Crippen molar-refractivity contribution in [2.45, 2.75) is 13.0 Å². The van der Waals surface area contributed by atoms with Crippen molar-refractivity contribution in [3.63, 3.8) is 0 Å². The number of nitrogens with zero attached hydrogens (tertiary/aromatic N) is 3. The van der Waals surface area contributed by atoms with E-state index in [1.165, 1.54) is 22.5 Å². The maximum absolute atomic E-state index is 12.7. The highest BCUT2D eigenvalue weighted by atomic mass is 32.1. The van der Waals surface area contributed by atoms with Gasteiger partial charge in [-0.2, -0.15) is 0 Å². The van der Waals surface area contributed by atoms with Crippen LogP contribution in [0.15, 0.2) is 48.7 Å². The first-order chi connectivity index (χ1) is 16.6. The molecule has 4 heterocycles. The predicted molar refractivity (Wildman–Crippen MR) is 136 cm³/mol. The Balaban J connectivity index is 1.46. The van der Waals surface area contributed by atoms with Crippen LogP contribution < -0.4 is 20.7 Å². The van der Waals surface area contributed by atoms with Gasteiger partial charge >= 0.3 is 0 Å². The minimum atomic E-state index is -0.103. The van der Waals surface area contributed by atoms with Crippen molar-refractivity contribution in [1.82, 2.24) is 15.7 Å². The van der Waals surface area contributed by atoms with Gasteiger partial charge in [0.1, 0.15) is 5.82 Å². The minimum Gasteiger partial charge on any atom is -0.383 e. The van der Waals surface area contributed by atoms with Crippen LogP contribution in [0, 0.1) is 6.92 Å². The third kappa shape index (κ3) is 4.78. The number of anilines is 2. The van der Waals surface area contributed by atoms with Crippen molar-refractivity contribution in [2.75, 3.05) is 56.5 Å². The minimum absolute atomic E-state index is 0.0776. The number of morpholine rings is 1. The zero-order chi connectivity index (χ0) is 23.5. The van der Waals surface area contributed by atoms with Crippen LogP contribution >= 0.6 is 11.3 Å². The summed E-state index contributed by atoms with van der Waals surface area (Å²) < 4.78 is 11.6. The molecule has 0 bridgehead atoms. The first kappa shape index (κ1) is 22.8. The summed E-state index contributed by atoms with van der Waals surface area (Å²) in [5, 5.41) is 4.87. The van der Waals surface area contributed by atoms with Crippen molar-refractivity contribution in [3.05, 3.63) is 64.7 Å². The molecule has 34 heavy (non-hydrogen) atoms. The molecule has 2 aliphatic heterocycles. The molecule has 5 rings (SSSR count). The molecular weight excluding hydrogens is 450 g/mol. The van der Waals surface area contributed by atoms with Crippen LogP contribution in [0.1, 0.15) is 26.8 Å². The number of pyridine rings is 1. The predicted octanol–water partition coefficient (Wildman–Crippen LogP) is 3.40. The number of methoxy groups -OCH3 is 1. The molecule has 9 heteroatoms. The van der Waals surface area contributed by atoms with E-state index in [1.54, 1.807) is 7.11 Å². The Labute approximate surface area is 203 Å². The molecule has 1 amide bonds. The van der Waals surface area contributed by atoms with Crippen molar-refractivity contribution >= 4 is 39.0 Å². The van der Waals surface area contributed by atoms with Gasteiger partial charge in [0, 0.05) is 39.0 Å². The van der Waals surface area contributed by atoms with E-state index in [1.807, 2.05) is 17.3 Å². The molecule has 3 aromatic rings. The lowest BCUT2D eigenvalue weighted by molar-refractivity contribution is 0.0941. The van der Waals surface area contributed by atoms with Gasteiger partial charge in [0.05, 0.1) is 46.6 Å². The van der Waals surface area contributed by atoms with Crippen LogP contribution in [0.5, 0.6) is 0 Å². The number of rotatable bonds is 7. The molecule has 8 nitrogen and oxygen atoms in total. The Morgan fingerprint density at radius 2 is 2.15 bits per heavy atom. The molecule has 1 atom stereocenters. The van der Waals surface area contributed by atoms with Gasteiger partial charge in [0.2, 0.25) is 0 Å². The zero-order valence-corrected chi connectivity index (χ0v) is 20.2. The van der Waals surface area contributed by atoms with Crippen molar-refractivity contribution in [1.29, 1.82) is 0 Å². The smallest absolute Gasteiger partial charge is 0.261 e. The number of ether oxygens (including phenoxy) is 2. The molecule has 0 radical (unpaired) electrons. The number of thiophene rings is 1. The lowest BCUT2D eigenvalue weighted by Crippen LogP contribution is -2.36. The second-order valence-electron chi connectivity index (χ2n) is 8.41. The summed E-state index contributed by atoms with van der Waals surface area (Å²) in [6.07, 6.45) is 4.16. The standard InChI is InChI=1S/C25H29N5O3S/c1-17-4-3-5-18(14-17)19-6-8-30(28-19)23-16-21(29-9-12-33-13-10-29)24-20(27-23)15-22(34-24)25(31)26-7-11-32-2/h3-6,8,14-16,19,28H,7,9-13H2,1-2H3,(H,26,31). The topological polar surface area (TPSA) is 79.0 Å². The number of aryl methyl sites for hydroxylation is 1. The molecule has 1 unspecified atom stereocenters. The summed E-state index contributed by atoms with van der Waals surface area (Å²) in [6.45, 7) is 6.04. The summed E-state index contributed by atoms with van der Waals surface area (Å²) in [6, 6.07) is 12.6. The van der Waals surface area contributed by atoms with Gasteiger partial charge in [-0.15, -0.1) is 11.3 Å². The Morgan fingerprint density at radius 1 is 1.29 bits per heavy atom. The summed E-state index contributed by atoms with van der Waals surface area (Å²) >= 11 is 1.48. The fraction of sp³-hybridized carbons (Fsp3) is 0.360. The SMILES string of the molecule is COCCNC(=O)c1cc2nc(N3C=CC(c4cccc(C)c4)N3)cc(N3CCOCC3)c2s1.